The molecule has 5 heterocycles. The number of hydrogen-bond acceptors (Lipinski definition) is 7. The van der Waals surface area contributed by atoms with Gasteiger partial charge in [-0.15, -0.1) is 0 Å². The third-order valence-corrected chi connectivity index (χ3v) is 9.79. The zero-order valence-electron chi connectivity index (χ0n) is 24.7. The SMILES string of the molecule is COc1cc(C(=O)N2CC3CCC2[C@@H]3N)cc2nc(-c3cc4ccc(-c5cnc(CO)c(F)c5)nc4n3CC3CC3)n(C)c12. The van der Waals surface area contributed by atoms with E-state index in [1.54, 1.807) is 7.11 Å². The number of benzene rings is 1. The van der Waals surface area contributed by atoms with E-state index in [1.807, 2.05) is 40.8 Å². The molecule has 44 heavy (non-hydrogen) atoms. The fourth-order valence-corrected chi connectivity index (χ4v) is 7.21. The third-order valence-electron chi connectivity index (χ3n) is 9.79. The molecule has 3 atom stereocenters. The molecular formula is C33H34FN7O3. The molecule has 3 N–H and O–H groups in total. The van der Waals surface area contributed by atoms with Crippen molar-refractivity contribution in [2.24, 2.45) is 24.6 Å². The third kappa shape index (κ3) is 4.21. The van der Waals surface area contributed by atoms with Crippen molar-refractivity contribution >= 4 is 28.0 Å². The van der Waals surface area contributed by atoms with E-state index in [9.17, 15) is 14.3 Å². The first kappa shape index (κ1) is 27.2. The summed E-state index contributed by atoms with van der Waals surface area (Å²) in [4.78, 5) is 29.7. The summed E-state index contributed by atoms with van der Waals surface area (Å²) in [5, 5.41) is 10.3. The molecule has 1 saturated heterocycles. The van der Waals surface area contributed by atoms with E-state index in [1.165, 1.54) is 12.3 Å². The maximum atomic E-state index is 14.5. The van der Waals surface area contributed by atoms with Gasteiger partial charge in [0.05, 0.1) is 30.6 Å². The summed E-state index contributed by atoms with van der Waals surface area (Å²) in [6.45, 7) is 1.02. The Bertz CT molecular complexity index is 1960. The van der Waals surface area contributed by atoms with Crippen LogP contribution in [0.3, 0.4) is 0 Å². The van der Waals surface area contributed by atoms with Gasteiger partial charge in [-0.25, -0.2) is 14.4 Å². The molecule has 2 saturated carbocycles. The lowest BCUT2D eigenvalue weighted by molar-refractivity contribution is 0.0700. The van der Waals surface area contributed by atoms with Crippen molar-refractivity contribution in [1.29, 1.82) is 0 Å². The van der Waals surface area contributed by atoms with E-state index in [-0.39, 0.29) is 23.7 Å². The van der Waals surface area contributed by atoms with Gasteiger partial charge in [-0.05, 0) is 73.9 Å². The Kier molecular flexibility index (Phi) is 6.25. The number of hydrogen-bond donors (Lipinski definition) is 2. The first-order valence-electron chi connectivity index (χ1n) is 15.2. The number of carbonyl (C=O) groups is 1. The summed E-state index contributed by atoms with van der Waals surface area (Å²) in [6.07, 6.45) is 5.87. The molecule has 2 unspecified atom stereocenters. The van der Waals surface area contributed by atoms with Crippen LogP contribution in [0.25, 0.3) is 44.8 Å². The number of aromatic nitrogens is 5. The molecule has 3 fully saturated rings. The highest BCUT2D eigenvalue weighted by Crippen LogP contribution is 2.40. The van der Waals surface area contributed by atoms with Crippen LogP contribution in [0.2, 0.25) is 0 Å². The summed E-state index contributed by atoms with van der Waals surface area (Å²) in [6, 6.07) is 11.1. The van der Waals surface area contributed by atoms with Gasteiger partial charge in [0.25, 0.3) is 5.91 Å². The molecule has 1 aliphatic heterocycles. The van der Waals surface area contributed by atoms with Gasteiger partial charge in [-0.3, -0.25) is 9.78 Å². The maximum absolute atomic E-state index is 14.5. The van der Waals surface area contributed by atoms with Crippen LogP contribution >= 0.6 is 0 Å². The number of amides is 1. The number of carbonyl (C=O) groups excluding carboxylic acids is 1. The van der Waals surface area contributed by atoms with Gasteiger partial charge in [0.2, 0.25) is 0 Å². The number of imidazole rings is 1. The van der Waals surface area contributed by atoms with Crippen molar-refractivity contribution < 1.29 is 19.0 Å². The number of halogens is 1. The quantitative estimate of drug-likeness (QED) is 0.288. The monoisotopic (exact) mass is 595 g/mol. The van der Waals surface area contributed by atoms with Crippen molar-refractivity contribution in [3.63, 3.8) is 0 Å². The molecule has 0 radical (unpaired) electrons. The Morgan fingerprint density at radius 3 is 2.66 bits per heavy atom. The average molecular weight is 596 g/mol. The lowest BCUT2D eigenvalue weighted by Gasteiger charge is -2.27. The number of aliphatic hydroxyl groups excluding tert-OH is 1. The van der Waals surface area contributed by atoms with Gasteiger partial charge >= 0.3 is 0 Å². The summed E-state index contributed by atoms with van der Waals surface area (Å²) in [5.41, 5.74) is 11.3. The fourth-order valence-electron chi connectivity index (χ4n) is 7.21. The number of rotatable bonds is 7. The number of nitrogens with two attached hydrogens (primary N) is 1. The van der Waals surface area contributed by atoms with Crippen LogP contribution in [0.15, 0.2) is 42.6 Å². The van der Waals surface area contributed by atoms with Gasteiger partial charge in [0, 0.05) is 54.9 Å². The van der Waals surface area contributed by atoms with Crippen molar-refractivity contribution in [1.82, 2.24) is 29.0 Å². The Hall–Kier alpha value is -4.35. The molecule has 0 spiro atoms. The number of nitrogens with zero attached hydrogens (tertiary/aromatic N) is 6. The Balaban J connectivity index is 1.23. The normalized spacial score (nSPS) is 21.2. The van der Waals surface area contributed by atoms with Gasteiger partial charge in [0.15, 0.2) is 5.82 Å². The highest BCUT2D eigenvalue weighted by molar-refractivity contribution is 6.00. The number of pyridine rings is 2. The van der Waals surface area contributed by atoms with Crippen LogP contribution < -0.4 is 10.5 Å². The predicted molar refractivity (Wildman–Crippen MR) is 163 cm³/mol. The minimum Gasteiger partial charge on any atom is -0.494 e. The van der Waals surface area contributed by atoms with E-state index < -0.39 is 12.4 Å². The number of methoxy groups -OCH3 is 1. The zero-order chi connectivity index (χ0) is 30.3. The fraction of sp³-hybridized carbons (Fsp3) is 0.394. The standard InChI is InChI=1S/C33H34FN7O3/c1-39-30-24(10-20(12-28(30)44-2)33(43)41-15-19-6-8-26(41)29(19)35)38-32(39)27-11-18-5-7-23(21-9-22(34)25(16-42)36-13-21)37-31(18)40(27)14-17-3-4-17/h5,7,9-13,17,19,26,29,42H,3-4,6,8,14-16,35H2,1-2H3/t19?,26?,29-/m1/s1. The summed E-state index contributed by atoms with van der Waals surface area (Å²) in [7, 11) is 3.58. The highest BCUT2D eigenvalue weighted by Gasteiger charge is 2.47. The van der Waals surface area contributed by atoms with Crippen LogP contribution in [0.5, 0.6) is 5.75 Å². The lowest BCUT2D eigenvalue weighted by atomic mass is 10.1. The number of aliphatic hydroxyl groups is 1. The van der Waals surface area contributed by atoms with E-state index in [0.29, 0.717) is 46.5 Å². The summed E-state index contributed by atoms with van der Waals surface area (Å²) in [5.74, 6) is 1.66. The molecule has 5 aromatic rings. The largest absolute Gasteiger partial charge is 0.494 e. The van der Waals surface area contributed by atoms with E-state index in [2.05, 4.69) is 15.6 Å². The molecule has 2 bridgehead atoms. The first-order valence-corrected chi connectivity index (χ1v) is 15.2. The van der Waals surface area contributed by atoms with Crippen molar-refractivity contribution in [3.8, 4) is 28.5 Å². The van der Waals surface area contributed by atoms with E-state index in [0.717, 1.165) is 60.3 Å². The molecule has 1 aromatic carbocycles. The molecule has 8 rings (SSSR count). The Morgan fingerprint density at radius 1 is 1.14 bits per heavy atom. The predicted octanol–water partition coefficient (Wildman–Crippen LogP) is 4.26. The number of ether oxygens (including phenoxy) is 1. The van der Waals surface area contributed by atoms with E-state index in [4.69, 9.17) is 20.4 Å². The van der Waals surface area contributed by atoms with Gasteiger partial charge in [0.1, 0.15) is 28.4 Å². The number of likely N-dealkylation sites (tertiary alicyclic amines) is 1. The number of piperidine rings is 1. The van der Waals surface area contributed by atoms with Crippen molar-refractivity contribution in [3.05, 3.63) is 59.7 Å². The second-order valence-electron chi connectivity index (χ2n) is 12.5. The number of fused-ring (bicyclic) bond motifs is 4. The van der Waals surface area contributed by atoms with Crippen LogP contribution in [0.4, 0.5) is 4.39 Å². The molecule has 2 aliphatic carbocycles. The minimum atomic E-state index is -0.562. The molecule has 10 nitrogen and oxygen atoms in total. The zero-order valence-corrected chi connectivity index (χ0v) is 24.7. The van der Waals surface area contributed by atoms with Gasteiger partial charge < -0.3 is 29.6 Å². The highest BCUT2D eigenvalue weighted by atomic mass is 19.1. The van der Waals surface area contributed by atoms with Gasteiger partial charge in [-0.2, -0.15) is 0 Å². The molecule has 3 aliphatic rings. The van der Waals surface area contributed by atoms with Crippen LogP contribution in [-0.2, 0) is 20.2 Å². The number of aryl methyl sites for hydroxylation is 1. The van der Waals surface area contributed by atoms with Crippen LogP contribution in [-0.4, -0.2) is 65.7 Å². The topological polar surface area (TPSA) is 124 Å². The molecule has 4 aromatic heterocycles. The van der Waals surface area contributed by atoms with Crippen molar-refractivity contribution in [2.45, 2.75) is 50.9 Å². The smallest absolute Gasteiger partial charge is 0.254 e. The minimum absolute atomic E-state index is 0.00703. The first-order chi connectivity index (χ1) is 21.3. The summed E-state index contributed by atoms with van der Waals surface area (Å²) >= 11 is 0. The second kappa shape index (κ2) is 10.1. The second-order valence-corrected chi connectivity index (χ2v) is 12.5. The van der Waals surface area contributed by atoms with Gasteiger partial charge in [-0.1, -0.05) is 0 Å². The maximum Gasteiger partial charge on any atom is 0.254 e. The average Bonchev–Trinajstić information content (AvgIpc) is 3.44. The molecule has 1 amide bonds. The van der Waals surface area contributed by atoms with E-state index >= 15 is 0 Å². The Morgan fingerprint density at radius 2 is 1.98 bits per heavy atom. The van der Waals surface area contributed by atoms with Crippen molar-refractivity contribution in [2.75, 3.05) is 13.7 Å². The van der Waals surface area contributed by atoms with Crippen LogP contribution in [0, 0.1) is 17.7 Å². The Labute approximate surface area is 253 Å². The summed E-state index contributed by atoms with van der Waals surface area (Å²) < 4.78 is 24.5. The molecular weight excluding hydrogens is 561 g/mol. The lowest BCUT2D eigenvalue weighted by Crippen LogP contribution is -2.41. The van der Waals surface area contributed by atoms with Crippen LogP contribution in [0.1, 0.15) is 41.7 Å². The molecule has 11 heteroatoms. The molecule has 226 valence electrons.